The van der Waals surface area contributed by atoms with Crippen molar-refractivity contribution in [2.24, 2.45) is 0 Å². The smallest absolute Gasteiger partial charge is 0.119 e. The van der Waals surface area contributed by atoms with Gasteiger partial charge in [-0.3, -0.25) is 0 Å². The highest BCUT2D eigenvalue weighted by Gasteiger charge is 2.37. The third-order valence-electron chi connectivity index (χ3n) is 3.84. The van der Waals surface area contributed by atoms with E-state index in [0.717, 1.165) is 12.2 Å². The first-order valence-corrected chi connectivity index (χ1v) is 5.57. The summed E-state index contributed by atoms with van der Waals surface area (Å²) in [4.78, 5) is 0. The first-order chi connectivity index (χ1) is 7.10. The lowest BCUT2D eigenvalue weighted by atomic mass is 9.84. The molecule has 0 fully saturated rings. The molecule has 0 saturated heterocycles. The van der Waals surface area contributed by atoms with Gasteiger partial charge in [0.25, 0.3) is 0 Å². The first-order valence-electron chi connectivity index (χ1n) is 5.57. The molecule has 2 heteroatoms. The van der Waals surface area contributed by atoms with Crippen LogP contribution in [0.4, 0.5) is 5.69 Å². The average Bonchev–Trinajstić information content (AvgIpc) is 2.52. The molecule has 1 aromatic carbocycles. The van der Waals surface area contributed by atoms with Gasteiger partial charge in [-0.1, -0.05) is 13.8 Å². The number of fused-ring (bicyclic) bond motifs is 1. The van der Waals surface area contributed by atoms with E-state index in [9.17, 15) is 0 Å². The van der Waals surface area contributed by atoms with E-state index in [1.807, 2.05) is 6.07 Å². The summed E-state index contributed by atoms with van der Waals surface area (Å²) in [5, 5.41) is 3.61. The van der Waals surface area contributed by atoms with Gasteiger partial charge >= 0.3 is 0 Å². The number of ether oxygens (including phenoxy) is 1. The zero-order valence-electron chi connectivity index (χ0n) is 9.92. The van der Waals surface area contributed by atoms with Gasteiger partial charge in [-0.2, -0.15) is 0 Å². The molecule has 0 radical (unpaired) electrons. The minimum absolute atomic E-state index is 0.189. The lowest BCUT2D eigenvalue weighted by Crippen LogP contribution is -2.33. The summed E-state index contributed by atoms with van der Waals surface area (Å²) in [6.07, 6.45) is 1.13. The Bertz CT molecular complexity index is 375. The van der Waals surface area contributed by atoms with Gasteiger partial charge in [-0.15, -0.1) is 0 Å². The van der Waals surface area contributed by atoms with Gasteiger partial charge in [0.05, 0.1) is 7.11 Å². The Morgan fingerprint density at radius 3 is 2.80 bits per heavy atom. The molecule has 2 unspecified atom stereocenters. The summed E-state index contributed by atoms with van der Waals surface area (Å²) in [6.45, 7) is 6.79. The fourth-order valence-electron chi connectivity index (χ4n) is 2.29. The second-order valence-corrected chi connectivity index (χ2v) is 4.57. The molecule has 82 valence electrons. The van der Waals surface area contributed by atoms with Crippen molar-refractivity contribution in [2.45, 2.75) is 38.6 Å². The molecule has 15 heavy (non-hydrogen) atoms. The van der Waals surface area contributed by atoms with Crippen molar-refractivity contribution >= 4 is 5.69 Å². The van der Waals surface area contributed by atoms with Crippen molar-refractivity contribution < 1.29 is 4.74 Å². The van der Waals surface area contributed by atoms with E-state index in [-0.39, 0.29) is 5.54 Å². The minimum Gasteiger partial charge on any atom is -0.497 e. The largest absolute Gasteiger partial charge is 0.497 e. The lowest BCUT2D eigenvalue weighted by Gasteiger charge is -2.28. The molecule has 1 aromatic rings. The van der Waals surface area contributed by atoms with Crippen LogP contribution in [0.25, 0.3) is 0 Å². The Hall–Kier alpha value is -1.18. The Morgan fingerprint density at radius 2 is 2.20 bits per heavy atom. The Kier molecular flexibility index (Phi) is 2.37. The molecule has 0 spiro atoms. The standard InChI is InChI=1S/C13H19NO/c1-5-13(3)9(2)11-8-10(15-4)6-7-12(11)14-13/h6-9,14H,5H2,1-4H3. The van der Waals surface area contributed by atoms with Crippen LogP contribution in [-0.2, 0) is 0 Å². The third-order valence-corrected chi connectivity index (χ3v) is 3.84. The highest BCUT2D eigenvalue weighted by molar-refractivity contribution is 5.63. The van der Waals surface area contributed by atoms with Crippen molar-refractivity contribution in [3.05, 3.63) is 23.8 Å². The van der Waals surface area contributed by atoms with Crippen molar-refractivity contribution in [2.75, 3.05) is 12.4 Å². The van der Waals surface area contributed by atoms with E-state index >= 15 is 0 Å². The molecule has 0 amide bonds. The fraction of sp³-hybridized carbons (Fsp3) is 0.538. The molecule has 0 saturated carbocycles. The zero-order valence-corrected chi connectivity index (χ0v) is 9.92. The molecule has 1 heterocycles. The van der Waals surface area contributed by atoms with Gasteiger partial charge in [-0.25, -0.2) is 0 Å². The van der Waals surface area contributed by atoms with Crippen molar-refractivity contribution in [3.63, 3.8) is 0 Å². The van der Waals surface area contributed by atoms with Crippen LogP contribution in [0.15, 0.2) is 18.2 Å². The molecule has 2 nitrogen and oxygen atoms in total. The summed E-state index contributed by atoms with van der Waals surface area (Å²) in [7, 11) is 1.72. The monoisotopic (exact) mass is 205 g/mol. The van der Waals surface area contributed by atoms with Crippen LogP contribution in [0, 0.1) is 0 Å². The Labute approximate surface area is 91.6 Å². The number of methoxy groups -OCH3 is 1. The summed E-state index contributed by atoms with van der Waals surface area (Å²) in [5.74, 6) is 1.48. The zero-order chi connectivity index (χ0) is 11.1. The maximum atomic E-state index is 5.26. The van der Waals surface area contributed by atoms with Crippen molar-refractivity contribution in [3.8, 4) is 5.75 Å². The normalized spacial score (nSPS) is 28.4. The summed E-state index contributed by atoms with van der Waals surface area (Å²) in [6, 6.07) is 6.28. The molecule has 0 bridgehead atoms. The SMILES string of the molecule is CCC1(C)Nc2ccc(OC)cc2C1C. The molecule has 1 aliphatic heterocycles. The van der Waals surface area contributed by atoms with Crippen molar-refractivity contribution in [1.29, 1.82) is 0 Å². The minimum atomic E-state index is 0.189. The van der Waals surface area contributed by atoms with Gasteiger partial charge in [0.2, 0.25) is 0 Å². The van der Waals surface area contributed by atoms with Gasteiger partial charge in [0.15, 0.2) is 0 Å². The van der Waals surface area contributed by atoms with Gasteiger partial charge in [0, 0.05) is 17.1 Å². The number of benzene rings is 1. The lowest BCUT2D eigenvalue weighted by molar-refractivity contribution is 0.412. The fourth-order valence-corrected chi connectivity index (χ4v) is 2.29. The Balaban J connectivity index is 2.42. The van der Waals surface area contributed by atoms with E-state index in [1.165, 1.54) is 11.3 Å². The topological polar surface area (TPSA) is 21.3 Å². The molecule has 1 aliphatic rings. The highest BCUT2D eigenvalue weighted by atomic mass is 16.5. The van der Waals surface area contributed by atoms with Crippen LogP contribution >= 0.6 is 0 Å². The molecular formula is C13H19NO. The van der Waals surface area contributed by atoms with Crippen LogP contribution in [-0.4, -0.2) is 12.6 Å². The second-order valence-electron chi connectivity index (χ2n) is 4.57. The average molecular weight is 205 g/mol. The molecule has 1 N–H and O–H groups in total. The van der Waals surface area contributed by atoms with Gasteiger partial charge in [0.1, 0.15) is 5.75 Å². The first kappa shape index (κ1) is 10.3. The third kappa shape index (κ3) is 1.48. The Morgan fingerprint density at radius 1 is 1.47 bits per heavy atom. The van der Waals surface area contributed by atoms with E-state index in [1.54, 1.807) is 7.11 Å². The van der Waals surface area contributed by atoms with Crippen LogP contribution < -0.4 is 10.1 Å². The number of hydrogen-bond donors (Lipinski definition) is 1. The summed E-state index contributed by atoms with van der Waals surface area (Å²) < 4.78 is 5.26. The summed E-state index contributed by atoms with van der Waals surface area (Å²) >= 11 is 0. The molecule has 0 aromatic heterocycles. The number of anilines is 1. The van der Waals surface area contributed by atoms with Crippen LogP contribution in [0.5, 0.6) is 5.75 Å². The number of rotatable bonds is 2. The van der Waals surface area contributed by atoms with Gasteiger partial charge < -0.3 is 10.1 Å². The van der Waals surface area contributed by atoms with E-state index in [0.29, 0.717) is 5.92 Å². The van der Waals surface area contributed by atoms with E-state index in [4.69, 9.17) is 4.74 Å². The second kappa shape index (κ2) is 3.44. The van der Waals surface area contributed by atoms with Gasteiger partial charge in [-0.05, 0) is 37.1 Å². The molecule has 0 aliphatic carbocycles. The van der Waals surface area contributed by atoms with Crippen molar-refractivity contribution in [1.82, 2.24) is 0 Å². The van der Waals surface area contributed by atoms with Crippen LogP contribution in [0.2, 0.25) is 0 Å². The maximum Gasteiger partial charge on any atom is 0.119 e. The molecule has 2 rings (SSSR count). The summed E-state index contributed by atoms with van der Waals surface area (Å²) in [5.41, 5.74) is 2.82. The van der Waals surface area contributed by atoms with E-state index in [2.05, 4.69) is 38.2 Å². The number of nitrogens with one attached hydrogen (secondary N) is 1. The van der Waals surface area contributed by atoms with Crippen LogP contribution in [0.3, 0.4) is 0 Å². The molecular weight excluding hydrogens is 186 g/mol. The number of hydrogen-bond acceptors (Lipinski definition) is 2. The highest BCUT2D eigenvalue weighted by Crippen LogP contribution is 2.45. The predicted molar refractivity (Wildman–Crippen MR) is 63.7 cm³/mol. The van der Waals surface area contributed by atoms with Crippen LogP contribution in [0.1, 0.15) is 38.7 Å². The predicted octanol–water partition coefficient (Wildman–Crippen LogP) is 3.39. The maximum absolute atomic E-state index is 5.26. The molecule has 2 atom stereocenters. The quantitative estimate of drug-likeness (QED) is 0.799. The van der Waals surface area contributed by atoms with E-state index < -0.39 is 0 Å².